The maximum absolute atomic E-state index is 12.6. The lowest BCUT2D eigenvalue weighted by Crippen LogP contribution is -2.15. The van der Waals surface area contributed by atoms with Crippen LogP contribution in [-0.2, 0) is 11.3 Å². The molecule has 0 atom stereocenters. The lowest BCUT2D eigenvalue weighted by atomic mass is 10.2. The number of hydrogen-bond acceptors (Lipinski definition) is 6. The first kappa shape index (κ1) is 20.7. The Kier molecular flexibility index (Phi) is 6.68. The number of hydrogen-bond donors (Lipinski definition) is 1. The van der Waals surface area contributed by atoms with Crippen molar-refractivity contribution in [2.45, 2.75) is 18.6 Å². The maximum Gasteiger partial charge on any atom is 0.234 e. The minimum Gasteiger partial charge on any atom is -0.492 e. The van der Waals surface area contributed by atoms with Crippen LogP contribution in [0.5, 0.6) is 5.75 Å². The van der Waals surface area contributed by atoms with Gasteiger partial charge in [-0.25, -0.2) is 0 Å². The van der Waals surface area contributed by atoms with E-state index in [1.807, 2.05) is 78.2 Å². The summed E-state index contributed by atoms with van der Waals surface area (Å²) in [6.07, 6.45) is 1.60. The molecule has 31 heavy (non-hydrogen) atoms. The van der Waals surface area contributed by atoms with Crippen molar-refractivity contribution < 1.29 is 13.9 Å². The van der Waals surface area contributed by atoms with E-state index in [-0.39, 0.29) is 11.7 Å². The number of rotatable bonds is 9. The topological polar surface area (TPSA) is 82.2 Å². The van der Waals surface area contributed by atoms with Crippen LogP contribution in [-0.4, -0.2) is 33.0 Å². The van der Waals surface area contributed by atoms with Crippen molar-refractivity contribution in [3.63, 3.8) is 0 Å². The summed E-state index contributed by atoms with van der Waals surface area (Å²) in [5.41, 5.74) is 1.75. The van der Waals surface area contributed by atoms with Crippen LogP contribution in [0.3, 0.4) is 0 Å². The standard InChI is InChI=1S/C23H22N4O3S/c1-2-29-19-12-7-6-11-18(19)24-21(28)16-31-23-26-25-22(20-13-8-14-30-20)27(23)15-17-9-4-3-5-10-17/h3-14H,2,15-16H2,1H3,(H,24,28). The number of carbonyl (C=O) groups is 1. The molecule has 4 rings (SSSR count). The molecule has 1 N–H and O–H groups in total. The van der Waals surface area contributed by atoms with Gasteiger partial charge in [0.1, 0.15) is 5.75 Å². The van der Waals surface area contributed by atoms with Crippen molar-refractivity contribution in [1.82, 2.24) is 14.8 Å². The average molecular weight is 435 g/mol. The van der Waals surface area contributed by atoms with Crippen LogP contribution >= 0.6 is 11.8 Å². The Bertz CT molecular complexity index is 1130. The van der Waals surface area contributed by atoms with E-state index < -0.39 is 0 Å². The molecule has 2 aromatic carbocycles. The molecule has 0 fully saturated rings. The number of nitrogens with one attached hydrogen (secondary N) is 1. The third-order valence-corrected chi connectivity index (χ3v) is 5.40. The van der Waals surface area contributed by atoms with Crippen molar-refractivity contribution in [1.29, 1.82) is 0 Å². The van der Waals surface area contributed by atoms with E-state index in [1.54, 1.807) is 6.26 Å². The van der Waals surface area contributed by atoms with Crippen molar-refractivity contribution >= 4 is 23.4 Å². The Hall–Kier alpha value is -3.52. The number of ether oxygens (including phenoxy) is 1. The predicted octanol–water partition coefficient (Wildman–Crippen LogP) is 4.72. The highest BCUT2D eigenvalue weighted by Crippen LogP contribution is 2.27. The summed E-state index contributed by atoms with van der Waals surface area (Å²) in [6, 6.07) is 21.1. The van der Waals surface area contributed by atoms with Crippen LogP contribution in [0.1, 0.15) is 12.5 Å². The summed E-state index contributed by atoms with van der Waals surface area (Å²) >= 11 is 1.33. The molecule has 1 amide bonds. The summed E-state index contributed by atoms with van der Waals surface area (Å²) < 4.78 is 13.1. The normalized spacial score (nSPS) is 10.7. The smallest absolute Gasteiger partial charge is 0.234 e. The molecular weight excluding hydrogens is 412 g/mol. The third kappa shape index (κ3) is 5.16. The zero-order chi connectivity index (χ0) is 21.5. The van der Waals surface area contributed by atoms with Crippen molar-refractivity contribution in [2.75, 3.05) is 17.7 Å². The first-order valence-corrected chi connectivity index (χ1v) is 10.9. The van der Waals surface area contributed by atoms with Gasteiger partial charge < -0.3 is 14.5 Å². The summed E-state index contributed by atoms with van der Waals surface area (Å²) in [5.74, 6) is 1.94. The minimum atomic E-state index is -0.147. The summed E-state index contributed by atoms with van der Waals surface area (Å²) in [7, 11) is 0. The number of carbonyl (C=O) groups excluding carboxylic acids is 1. The van der Waals surface area contributed by atoms with Gasteiger partial charge in [-0.1, -0.05) is 54.2 Å². The van der Waals surface area contributed by atoms with E-state index in [1.165, 1.54) is 11.8 Å². The van der Waals surface area contributed by atoms with Crippen molar-refractivity contribution in [3.05, 3.63) is 78.6 Å². The third-order valence-electron chi connectivity index (χ3n) is 4.44. The second-order valence-electron chi connectivity index (χ2n) is 6.62. The molecule has 158 valence electrons. The van der Waals surface area contributed by atoms with Crippen LogP contribution in [0.4, 0.5) is 5.69 Å². The molecular formula is C23H22N4O3S. The monoisotopic (exact) mass is 434 g/mol. The molecule has 0 aliphatic heterocycles. The predicted molar refractivity (Wildman–Crippen MR) is 120 cm³/mol. The fraction of sp³-hybridized carbons (Fsp3) is 0.174. The largest absolute Gasteiger partial charge is 0.492 e. The van der Waals surface area contributed by atoms with Gasteiger partial charge in [-0.05, 0) is 36.8 Å². The Morgan fingerprint density at radius 2 is 1.87 bits per heavy atom. The number of benzene rings is 2. The quantitative estimate of drug-likeness (QED) is 0.384. The molecule has 2 aromatic heterocycles. The molecule has 0 spiro atoms. The second-order valence-corrected chi connectivity index (χ2v) is 7.56. The maximum atomic E-state index is 12.6. The first-order chi connectivity index (χ1) is 15.2. The Balaban J connectivity index is 1.50. The van der Waals surface area contributed by atoms with E-state index in [0.29, 0.717) is 41.3 Å². The molecule has 0 bridgehead atoms. The number of anilines is 1. The van der Waals surface area contributed by atoms with Crippen LogP contribution in [0.25, 0.3) is 11.6 Å². The summed E-state index contributed by atoms with van der Waals surface area (Å²) in [5, 5.41) is 12.2. The van der Waals surface area contributed by atoms with E-state index in [2.05, 4.69) is 15.5 Å². The van der Waals surface area contributed by atoms with Crippen LogP contribution in [0, 0.1) is 0 Å². The highest BCUT2D eigenvalue weighted by molar-refractivity contribution is 7.99. The Morgan fingerprint density at radius 1 is 1.06 bits per heavy atom. The molecule has 0 unspecified atom stereocenters. The average Bonchev–Trinajstić information content (AvgIpc) is 3.45. The second kappa shape index (κ2) is 9.99. The number of amides is 1. The number of aromatic nitrogens is 3. The first-order valence-electron chi connectivity index (χ1n) is 9.90. The zero-order valence-electron chi connectivity index (χ0n) is 17.0. The van der Waals surface area contributed by atoms with Crippen LogP contribution in [0.15, 0.2) is 82.6 Å². The highest BCUT2D eigenvalue weighted by Gasteiger charge is 2.18. The van der Waals surface area contributed by atoms with E-state index in [0.717, 1.165) is 5.56 Å². The fourth-order valence-electron chi connectivity index (χ4n) is 3.06. The van der Waals surface area contributed by atoms with Crippen LogP contribution in [0.2, 0.25) is 0 Å². The van der Waals surface area contributed by atoms with E-state index >= 15 is 0 Å². The molecule has 0 radical (unpaired) electrons. The van der Waals surface area contributed by atoms with Crippen LogP contribution < -0.4 is 10.1 Å². The summed E-state index contributed by atoms with van der Waals surface area (Å²) in [6.45, 7) is 3.01. The lowest BCUT2D eigenvalue weighted by Gasteiger charge is -2.12. The molecule has 8 heteroatoms. The van der Waals surface area contributed by atoms with Gasteiger partial charge in [0.25, 0.3) is 0 Å². The van der Waals surface area contributed by atoms with Gasteiger partial charge in [-0.3, -0.25) is 9.36 Å². The van der Waals surface area contributed by atoms with Gasteiger partial charge in [0.15, 0.2) is 10.9 Å². The Morgan fingerprint density at radius 3 is 2.65 bits per heavy atom. The number of thioether (sulfide) groups is 1. The summed E-state index contributed by atoms with van der Waals surface area (Å²) in [4.78, 5) is 12.6. The molecule has 0 aliphatic carbocycles. The van der Waals surface area contributed by atoms with Gasteiger partial charge in [0.05, 0.1) is 30.9 Å². The molecule has 7 nitrogen and oxygen atoms in total. The molecule has 0 aliphatic rings. The van der Waals surface area contributed by atoms with E-state index in [9.17, 15) is 4.79 Å². The molecule has 4 aromatic rings. The molecule has 0 saturated heterocycles. The SMILES string of the molecule is CCOc1ccccc1NC(=O)CSc1nnc(-c2ccco2)n1Cc1ccccc1. The fourth-order valence-corrected chi connectivity index (χ4v) is 3.80. The van der Waals surface area contributed by atoms with E-state index in [4.69, 9.17) is 9.15 Å². The molecule has 0 saturated carbocycles. The van der Waals surface area contributed by atoms with Gasteiger partial charge in [-0.15, -0.1) is 10.2 Å². The number of nitrogens with zero attached hydrogens (tertiary/aromatic N) is 3. The lowest BCUT2D eigenvalue weighted by molar-refractivity contribution is -0.113. The van der Waals surface area contributed by atoms with Crippen molar-refractivity contribution in [3.8, 4) is 17.3 Å². The van der Waals surface area contributed by atoms with Crippen molar-refractivity contribution in [2.24, 2.45) is 0 Å². The molecule has 2 heterocycles. The van der Waals surface area contributed by atoms with Gasteiger partial charge in [0, 0.05) is 0 Å². The Labute approximate surface area is 184 Å². The minimum absolute atomic E-state index is 0.147. The van der Waals surface area contributed by atoms with Gasteiger partial charge in [-0.2, -0.15) is 0 Å². The highest BCUT2D eigenvalue weighted by atomic mass is 32.2. The number of furan rings is 1. The van der Waals surface area contributed by atoms with Gasteiger partial charge in [0.2, 0.25) is 11.7 Å². The zero-order valence-corrected chi connectivity index (χ0v) is 17.8. The number of para-hydroxylation sites is 2. The van der Waals surface area contributed by atoms with Gasteiger partial charge >= 0.3 is 0 Å².